The summed E-state index contributed by atoms with van der Waals surface area (Å²) >= 11 is 0. The molecule has 6 heteroatoms. The van der Waals surface area contributed by atoms with Crippen molar-refractivity contribution in [2.75, 3.05) is 27.9 Å². The molecule has 0 saturated carbocycles. The van der Waals surface area contributed by atoms with Crippen molar-refractivity contribution < 1.29 is 28.2 Å². The second-order valence-corrected chi connectivity index (χ2v) is 6.80. The number of carbonyl (C=O) groups excluding carboxylic acids is 1. The van der Waals surface area contributed by atoms with Gasteiger partial charge in [-0.15, -0.1) is 0 Å². The molecule has 1 aromatic heterocycles. The van der Waals surface area contributed by atoms with E-state index in [-0.39, 0.29) is 5.92 Å². The van der Waals surface area contributed by atoms with Crippen LogP contribution in [0.4, 0.5) is 0 Å². The fourth-order valence-electron chi connectivity index (χ4n) is 3.21. The van der Waals surface area contributed by atoms with E-state index >= 15 is 0 Å². The lowest BCUT2D eigenvalue weighted by Crippen LogP contribution is -2.00. The van der Waals surface area contributed by atoms with Gasteiger partial charge in [-0.05, 0) is 36.2 Å². The zero-order valence-corrected chi connectivity index (χ0v) is 17.2. The molecule has 1 atom stereocenters. The molecule has 0 aliphatic heterocycles. The van der Waals surface area contributed by atoms with E-state index in [2.05, 4.69) is 6.92 Å². The summed E-state index contributed by atoms with van der Waals surface area (Å²) < 4.78 is 27.6. The molecule has 2 aromatic carbocycles. The number of rotatable bonds is 10. The first-order chi connectivity index (χ1) is 14.1. The number of aldehydes is 1. The standard InChI is InChI=1S/C23H26O6/c1-15(9-10-28-14-16-5-7-18(25-2)8-6-16)20-11-17-12-21(26-3)23(27-4)19(13-24)22(17)29-20/h5-8,11-13,15H,9-10,14H2,1-4H3/t15-/m1/s1. The summed E-state index contributed by atoms with van der Waals surface area (Å²) in [7, 11) is 4.69. The van der Waals surface area contributed by atoms with Gasteiger partial charge in [-0.25, -0.2) is 0 Å². The molecule has 29 heavy (non-hydrogen) atoms. The van der Waals surface area contributed by atoms with E-state index in [0.29, 0.717) is 35.9 Å². The fraction of sp³-hybridized carbons (Fsp3) is 0.348. The number of methoxy groups -OCH3 is 3. The van der Waals surface area contributed by atoms with E-state index in [1.165, 1.54) is 7.11 Å². The number of furan rings is 1. The van der Waals surface area contributed by atoms with Gasteiger partial charge in [0.2, 0.25) is 0 Å². The molecule has 0 aliphatic carbocycles. The molecule has 3 rings (SSSR count). The zero-order chi connectivity index (χ0) is 20.8. The molecule has 0 fully saturated rings. The van der Waals surface area contributed by atoms with Crippen LogP contribution >= 0.6 is 0 Å². The van der Waals surface area contributed by atoms with E-state index in [9.17, 15) is 4.79 Å². The van der Waals surface area contributed by atoms with Gasteiger partial charge in [0.05, 0.1) is 27.9 Å². The first-order valence-corrected chi connectivity index (χ1v) is 9.45. The van der Waals surface area contributed by atoms with Gasteiger partial charge in [0.25, 0.3) is 0 Å². The molecule has 0 bridgehead atoms. The largest absolute Gasteiger partial charge is 0.497 e. The van der Waals surface area contributed by atoms with Crippen LogP contribution < -0.4 is 14.2 Å². The van der Waals surface area contributed by atoms with Gasteiger partial charge >= 0.3 is 0 Å². The smallest absolute Gasteiger partial charge is 0.175 e. The predicted molar refractivity (Wildman–Crippen MR) is 110 cm³/mol. The Morgan fingerprint density at radius 3 is 2.41 bits per heavy atom. The third-order valence-electron chi connectivity index (χ3n) is 4.93. The maximum Gasteiger partial charge on any atom is 0.175 e. The Morgan fingerprint density at radius 2 is 1.79 bits per heavy atom. The van der Waals surface area contributed by atoms with Crippen molar-refractivity contribution in [3.8, 4) is 17.2 Å². The number of ether oxygens (including phenoxy) is 4. The zero-order valence-electron chi connectivity index (χ0n) is 17.2. The van der Waals surface area contributed by atoms with Crippen LogP contribution in [0, 0.1) is 0 Å². The van der Waals surface area contributed by atoms with Gasteiger partial charge in [0.1, 0.15) is 22.7 Å². The van der Waals surface area contributed by atoms with Gasteiger partial charge in [-0.2, -0.15) is 0 Å². The van der Waals surface area contributed by atoms with E-state index in [4.69, 9.17) is 23.4 Å². The van der Waals surface area contributed by atoms with Crippen LogP contribution in [0.25, 0.3) is 11.0 Å². The highest BCUT2D eigenvalue weighted by Crippen LogP contribution is 2.39. The van der Waals surface area contributed by atoms with E-state index in [0.717, 1.165) is 35.2 Å². The van der Waals surface area contributed by atoms with E-state index in [1.807, 2.05) is 36.4 Å². The Labute approximate surface area is 170 Å². The van der Waals surface area contributed by atoms with Gasteiger partial charge in [0, 0.05) is 17.9 Å². The Morgan fingerprint density at radius 1 is 1.03 bits per heavy atom. The number of hydrogen-bond donors (Lipinski definition) is 0. The maximum atomic E-state index is 11.6. The van der Waals surface area contributed by atoms with Crippen LogP contribution in [-0.2, 0) is 11.3 Å². The van der Waals surface area contributed by atoms with E-state index in [1.54, 1.807) is 14.2 Å². The number of carbonyl (C=O) groups is 1. The second-order valence-electron chi connectivity index (χ2n) is 6.80. The van der Waals surface area contributed by atoms with Crippen molar-refractivity contribution in [1.82, 2.24) is 0 Å². The molecule has 0 saturated heterocycles. The molecule has 0 amide bonds. The first-order valence-electron chi connectivity index (χ1n) is 9.45. The summed E-state index contributed by atoms with van der Waals surface area (Å²) in [5.41, 5.74) is 1.96. The third kappa shape index (κ3) is 4.54. The Kier molecular flexibility index (Phi) is 6.77. The van der Waals surface area contributed by atoms with Crippen molar-refractivity contribution in [2.45, 2.75) is 25.9 Å². The lowest BCUT2D eigenvalue weighted by Gasteiger charge is -2.10. The second kappa shape index (κ2) is 9.47. The fourth-order valence-corrected chi connectivity index (χ4v) is 3.21. The molecule has 154 valence electrons. The molecule has 0 N–H and O–H groups in total. The molecule has 6 nitrogen and oxygen atoms in total. The summed E-state index contributed by atoms with van der Waals surface area (Å²) in [6, 6.07) is 11.6. The molecular formula is C23H26O6. The Balaban J connectivity index is 1.65. The topological polar surface area (TPSA) is 67.1 Å². The molecule has 1 heterocycles. The van der Waals surface area contributed by atoms with Crippen LogP contribution in [0.1, 0.15) is 40.9 Å². The van der Waals surface area contributed by atoms with Crippen LogP contribution in [-0.4, -0.2) is 34.2 Å². The van der Waals surface area contributed by atoms with Crippen molar-refractivity contribution in [2.24, 2.45) is 0 Å². The Bertz CT molecular complexity index is 958. The average Bonchev–Trinajstić information content (AvgIpc) is 3.19. The minimum atomic E-state index is 0.134. The monoisotopic (exact) mass is 398 g/mol. The summed E-state index contributed by atoms with van der Waals surface area (Å²) in [6.45, 7) is 3.21. The molecule has 3 aromatic rings. The third-order valence-corrected chi connectivity index (χ3v) is 4.93. The number of benzene rings is 2. The van der Waals surface area contributed by atoms with Gasteiger partial charge < -0.3 is 23.4 Å². The highest BCUT2D eigenvalue weighted by molar-refractivity contribution is 5.99. The molecular weight excluding hydrogens is 372 g/mol. The first kappa shape index (κ1) is 20.7. The van der Waals surface area contributed by atoms with Gasteiger partial charge in [0.15, 0.2) is 17.8 Å². The molecule has 0 aliphatic rings. The van der Waals surface area contributed by atoms with Crippen molar-refractivity contribution in [3.05, 3.63) is 53.3 Å². The van der Waals surface area contributed by atoms with Crippen molar-refractivity contribution in [1.29, 1.82) is 0 Å². The van der Waals surface area contributed by atoms with Crippen LogP contribution in [0.2, 0.25) is 0 Å². The van der Waals surface area contributed by atoms with Crippen LogP contribution in [0.15, 0.2) is 40.8 Å². The highest BCUT2D eigenvalue weighted by atomic mass is 16.5. The van der Waals surface area contributed by atoms with Gasteiger partial charge in [-0.3, -0.25) is 4.79 Å². The predicted octanol–water partition coefficient (Wildman–Crippen LogP) is 4.98. The summed E-state index contributed by atoms with van der Waals surface area (Å²) in [5, 5.41) is 0.811. The number of fused-ring (bicyclic) bond motifs is 1. The quantitative estimate of drug-likeness (QED) is 0.354. The Hall–Kier alpha value is -2.99. The maximum absolute atomic E-state index is 11.6. The van der Waals surface area contributed by atoms with Gasteiger partial charge in [-0.1, -0.05) is 19.1 Å². The lowest BCUT2D eigenvalue weighted by atomic mass is 10.0. The summed E-state index contributed by atoms with van der Waals surface area (Å²) in [5.74, 6) is 2.65. The summed E-state index contributed by atoms with van der Waals surface area (Å²) in [4.78, 5) is 11.6. The highest BCUT2D eigenvalue weighted by Gasteiger charge is 2.20. The number of hydrogen-bond acceptors (Lipinski definition) is 6. The molecule has 0 unspecified atom stereocenters. The summed E-state index contributed by atoms with van der Waals surface area (Å²) in [6.07, 6.45) is 1.53. The molecule has 0 spiro atoms. The normalized spacial score (nSPS) is 12.0. The SMILES string of the molecule is COc1ccc(COCC[C@@H](C)c2cc3cc(OC)c(OC)c(C=O)c3o2)cc1. The van der Waals surface area contributed by atoms with Crippen LogP contribution in [0.3, 0.4) is 0 Å². The van der Waals surface area contributed by atoms with Crippen molar-refractivity contribution in [3.63, 3.8) is 0 Å². The average molecular weight is 398 g/mol. The molecule has 0 radical (unpaired) electrons. The minimum absolute atomic E-state index is 0.134. The lowest BCUT2D eigenvalue weighted by molar-refractivity contribution is 0.111. The van der Waals surface area contributed by atoms with Crippen molar-refractivity contribution >= 4 is 17.3 Å². The van der Waals surface area contributed by atoms with Crippen LogP contribution in [0.5, 0.6) is 17.2 Å². The minimum Gasteiger partial charge on any atom is -0.497 e. The van der Waals surface area contributed by atoms with E-state index < -0.39 is 0 Å².